The minimum Gasteiger partial charge on any atom is -0.445 e. The van der Waals surface area contributed by atoms with Crippen LogP contribution in [0.2, 0.25) is 0 Å². The number of thiocarbonyl (C=S) groups is 1. The number of rotatable bonds is 8. The second-order valence-electron chi connectivity index (χ2n) is 8.46. The number of carbonyl (C=O) groups is 1. The average molecular weight is 471 g/mol. The van der Waals surface area contributed by atoms with Gasteiger partial charge in [0.05, 0.1) is 18.1 Å². The van der Waals surface area contributed by atoms with Gasteiger partial charge in [0.2, 0.25) is 0 Å². The Morgan fingerprint density at radius 1 is 0.941 bits per heavy atom. The number of nitrogens with zero attached hydrogens (tertiary/aromatic N) is 1. The van der Waals surface area contributed by atoms with Crippen molar-refractivity contribution in [3.63, 3.8) is 0 Å². The van der Waals surface area contributed by atoms with Crippen LogP contribution in [-0.4, -0.2) is 22.0 Å². The summed E-state index contributed by atoms with van der Waals surface area (Å²) in [4.78, 5) is 15.7. The van der Waals surface area contributed by atoms with Crippen LogP contribution in [0.1, 0.15) is 48.0 Å². The maximum Gasteiger partial charge on any atom is 0.408 e. The van der Waals surface area contributed by atoms with E-state index < -0.39 is 6.09 Å². The monoisotopic (exact) mass is 470 g/mol. The third kappa shape index (κ3) is 5.72. The van der Waals surface area contributed by atoms with Gasteiger partial charge in [0, 0.05) is 0 Å². The molecular weight excluding hydrogens is 440 g/mol. The molecular formula is C29H30N2O2S. The summed E-state index contributed by atoms with van der Waals surface area (Å²) in [6, 6.07) is 30.5. The van der Waals surface area contributed by atoms with Gasteiger partial charge in [-0.25, -0.2) is 4.79 Å². The van der Waals surface area contributed by atoms with Gasteiger partial charge in [0.15, 0.2) is 0 Å². The van der Waals surface area contributed by atoms with E-state index in [2.05, 4.69) is 65.3 Å². The number of alkyl carbamates (subject to hydrolysis) is 1. The van der Waals surface area contributed by atoms with Crippen molar-refractivity contribution in [1.29, 1.82) is 0 Å². The molecule has 4 rings (SSSR count). The highest BCUT2D eigenvalue weighted by molar-refractivity contribution is 7.80. The minimum atomic E-state index is -0.482. The molecule has 3 aromatic rings. The molecule has 0 unspecified atom stereocenters. The van der Waals surface area contributed by atoms with Crippen molar-refractivity contribution in [3.8, 4) is 0 Å². The van der Waals surface area contributed by atoms with Crippen LogP contribution in [-0.2, 0) is 11.3 Å². The highest BCUT2D eigenvalue weighted by Crippen LogP contribution is 2.44. The lowest BCUT2D eigenvalue weighted by atomic mass is 10.0. The summed E-state index contributed by atoms with van der Waals surface area (Å²) in [6.45, 7) is 4.11. The molecule has 1 saturated heterocycles. The third-order valence-electron chi connectivity index (χ3n) is 6.21. The number of benzene rings is 3. The van der Waals surface area contributed by atoms with Crippen LogP contribution in [0.3, 0.4) is 0 Å². The van der Waals surface area contributed by atoms with Gasteiger partial charge >= 0.3 is 6.09 Å². The average Bonchev–Trinajstić information content (AvgIpc) is 3.34. The Morgan fingerprint density at radius 3 is 1.94 bits per heavy atom. The highest BCUT2D eigenvalue weighted by Gasteiger charge is 2.39. The summed E-state index contributed by atoms with van der Waals surface area (Å²) < 4.78 is 5.48. The highest BCUT2D eigenvalue weighted by atomic mass is 32.1. The molecule has 0 radical (unpaired) electrons. The lowest BCUT2D eigenvalue weighted by Gasteiger charge is -2.36. The van der Waals surface area contributed by atoms with E-state index in [0.717, 1.165) is 18.4 Å². The first kappa shape index (κ1) is 23.7. The largest absolute Gasteiger partial charge is 0.445 e. The minimum absolute atomic E-state index is 0.147. The predicted molar refractivity (Wildman–Crippen MR) is 140 cm³/mol. The first-order valence-electron chi connectivity index (χ1n) is 11.7. The van der Waals surface area contributed by atoms with Crippen molar-refractivity contribution in [2.45, 2.75) is 44.0 Å². The van der Waals surface area contributed by atoms with Crippen molar-refractivity contribution in [3.05, 3.63) is 120 Å². The Hall–Kier alpha value is -3.44. The lowest BCUT2D eigenvalue weighted by molar-refractivity contribution is 0.137. The summed E-state index contributed by atoms with van der Waals surface area (Å²) in [7, 11) is 0. The molecule has 1 amide bonds. The quantitative estimate of drug-likeness (QED) is 0.292. The number of hydrogen-bond acceptors (Lipinski definition) is 3. The Bertz CT molecular complexity index is 1040. The van der Waals surface area contributed by atoms with Crippen molar-refractivity contribution in [1.82, 2.24) is 10.2 Å². The van der Waals surface area contributed by atoms with Crippen LogP contribution in [0.5, 0.6) is 0 Å². The van der Waals surface area contributed by atoms with E-state index in [0.29, 0.717) is 11.4 Å². The van der Waals surface area contributed by atoms with Gasteiger partial charge in [-0.3, -0.25) is 0 Å². The van der Waals surface area contributed by atoms with E-state index in [-0.39, 0.29) is 24.7 Å². The Balaban J connectivity index is 1.55. The summed E-state index contributed by atoms with van der Waals surface area (Å²) in [6.07, 6.45) is 3.81. The van der Waals surface area contributed by atoms with Crippen LogP contribution in [0.4, 0.5) is 4.79 Å². The summed E-state index contributed by atoms with van der Waals surface area (Å²) in [5.41, 5.74) is 3.40. The molecule has 1 aliphatic heterocycles. The van der Waals surface area contributed by atoms with E-state index in [9.17, 15) is 4.79 Å². The summed E-state index contributed by atoms with van der Waals surface area (Å²) in [5.74, 6) is 0. The van der Waals surface area contributed by atoms with E-state index in [1.54, 1.807) is 6.08 Å². The fraction of sp³-hybridized carbons (Fsp3) is 0.241. The molecule has 1 heterocycles. The molecule has 0 saturated carbocycles. The van der Waals surface area contributed by atoms with E-state index in [1.807, 2.05) is 42.5 Å². The van der Waals surface area contributed by atoms with Gasteiger partial charge < -0.3 is 15.0 Å². The van der Waals surface area contributed by atoms with Gasteiger partial charge in [-0.1, -0.05) is 109 Å². The van der Waals surface area contributed by atoms with E-state index in [1.165, 1.54) is 11.1 Å². The molecule has 1 fully saturated rings. The lowest BCUT2D eigenvalue weighted by Crippen LogP contribution is -2.48. The second-order valence-corrected chi connectivity index (χ2v) is 8.88. The van der Waals surface area contributed by atoms with Crippen molar-refractivity contribution < 1.29 is 9.53 Å². The van der Waals surface area contributed by atoms with Crippen molar-refractivity contribution in [2.24, 2.45) is 0 Å². The van der Waals surface area contributed by atoms with Crippen LogP contribution in [0.25, 0.3) is 0 Å². The zero-order valence-corrected chi connectivity index (χ0v) is 20.0. The molecule has 0 bridgehead atoms. The molecule has 3 atom stereocenters. The van der Waals surface area contributed by atoms with Crippen molar-refractivity contribution in [2.75, 3.05) is 0 Å². The second kappa shape index (κ2) is 11.6. The third-order valence-corrected chi connectivity index (χ3v) is 6.71. The van der Waals surface area contributed by atoms with Crippen LogP contribution in [0.15, 0.2) is 104 Å². The maximum atomic E-state index is 12.7. The number of hydrogen-bond donors (Lipinski definition) is 1. The normalized spacial score (nSPS) is 18.2. The van der Waals surface area contributed by atoms with Gasteiger partial charge in [-0.2, -0.15) is 0 Å². The fourth-order valence-electron chi connectivity index (χ4n) is 4.60. The van der Waals surface area contributed by atoms with Crippen molar-refractivity contribution >= 4 is 23.3 Å². The van der Waals surface area contributed by atoms with E-state index in [4.69, 9.17) is 17.0 Å². The molecule has 3 aromatic carbocycles. The smallest absolute Gasteiger partial charge is 0.408 e. The predicted octanol–water partition coefficient (Wildman–Crippen LogP) is 6.76. The van der Waals surface area contributed by atoms with Gasteiger partial charge in [-0.05, 0) is 36.0 Å². The molecule has 5 heteroatoms. The topological polar surface area (TPSA) is 41.6 Å². The molecule has 174 valence electrons. The molecule has 0 aromatic heterocycles. The standard InChI is InChI=1S/C29H30N2O2S/c1-2-12-25(30-29(32)33-21-22-13-6-3-7-14-22)28(34)31-26(23-15-8-4-9-16-23)19-20-27(31)24-17-10-5-11-18-24/h2-11,13-18,25-27H,1,12,19-21H2,(H,30,32)/t25-,26-,27-/m1/s1. The molecule has 34 heavy (non-hydrogen) atoms. The SMILES string of the molecule is C=CC[C@@H](NC(=O)OCc1ccccc1)C(=S)N1[C@@H](c2ccccc2)CC[C@@H]1c1ccccc1. The molecule has 0 aliphatic carbocycles. The van der Waals surface area contributed by atoms with Crippen LogP contribution >= 0.6 is 12.2 Å². The molecule has 1 aliphatic rings. The first-order valence-corrected chi connectivity index (χ1v) is 12.1. The zero-order valence-electron chi connectivity index (χ0n) is 19.2. The van der Waals surface area contributed by atoms with Crippen LogP contribution in [0, 0.1) is 0 Å². The van der Waals surface area contributed by atoms with Gasteiger partial charge in [-0.15, -0.1) is 6.58 Å². The summed E-state index contributed by atoms with van der Waals surface area (Å²) >= 11 is 6.06. The number of carbonyl (C=O) groups excluding carboxylic acids is 1. The number of ether oxygens (including phenoxy) is 1. The summed E-state index contributed by atoms with van der Waals surface area (Å²) in [5, 5.41) is 2.99. The Morgan fingerprint density at radius 2 is 1.44 bits per heavy atom. The molecule has 0 spiro atoms. The molecule has 1 N–H and O–H groups in total. The first-order chi connectivity index (χ1) is 16.7. The molecule has 4 nitrogen and oxygen atoms in total. The van der Waals surface area contributed by atoms with Gasteiger partial charge in [0.1, 0.15) is 11.6 Å². The zero-order chi connectivity index (χ0) is 23.8. The fourth-order valence-corrected chi connectivity index (χ4v) is 5.01. The maximum absolute atomic E-state index is 12.7. The van der Waals surface area contributed by atoms with E-state index >= 15 is 0 Å². The number of amides is 1. The van der Waals surface area contributed by atoms with Gasteiger partial charge in [0.25, 0.3) is 0 Å². The van der Waals surface area contributed by atoms with Crippen LogP contribution < -0.4 is 5.32 Å². The number of nitrogens with one attached hydrogen (secondary N) is 1. The Kier molecular flexibility index (Phi) is 8.10. The Labute approximate surface area is 207 Å². The number of likely N-dealkylation sites (tertiary alicyclic amines) is 1.